The van der Waals surface area contributed by atoms with E-state index in [9.17, 15) is 13.6 Å². The third kappa shape index (κ3) is 5.45. The van der Waals surface area contributed by atoms with Crippen molar-refractivity contribution in [2.24, 2.45) is 0 Å². The van der Waals surface area contributed by atoms with E-state index in [-0.39, 0.29) is 23.7 Å². The minimum Gasteiger partial charge on any atom is -0.493 e. The Hall–Kier alpha value is -3.13. The monoisotopic (exact) mass is 422 g/mol. The molecule has 1 N–H and O–H groups in total. The minimum atomic E-state index is -2.96. The number of hydrogen-bond donors (Lipinski definition) is 1. The smallest absolute Gasteiger partial charge is 0.387 e. The Morgan fingerprint density at radius 3 is 2.76 bits per heavy atom. The molecule has 0 unspecified atom stereocenters. The van der Waals surface area contributed by atoms with E-state index in [4.69, 9.17) is 20.9 Å². The van der Waals surface area contributed by atoms with Crippen molar-refractivity contribution >= 4 is 17.5 Å². The van der Waals surface area contributed by atoms with E-state index in [0.29, 0.717) is 28.3 Å². The maximum Gasteiger partial charge on any atom is 0.387 e. The Balaban J connectivity index is 1.59. The van der Waals surface area contributed by atoms with Gasteiger partial charge in [0.25, 0.3) is 5.91 Å². The number of benzene rings is 2. The Bertz CT molecular complexity index is 994. The second-order valence-electron chi connectivity index (χ2n) is 5.96. The summed E-state index contributed by atoms with van der Waals surface area (Å²) >= 11 is 5.95. The van der Waals surface area contributed by atoms with E-state index in [1.54, 1.807) is 30.3 Å². The summed E-state index contributed by atoms with van der Waals surface area (Å²) in [4.78, 5) is 12.3. The van der Waals surface area contributed by atoms with Gasteiger partial charge in [-0.2, -0.15) is 8.78 Å². The maximum absolute atomic E-state index is 12.5. The Kier molecular flexibility index (Phi) is 6.66. The van der Waals surface area contributed by atoms with Crippen molar-refractivity contribution in [3.05, 3.63) is 64.8 Å². The molecule has 0 fully saturated rings. The van der Waals surface area contributed by atoms with Gasteiger partial charge in [-0.15, -0.1) is 0 Å². The molecule has 0 aliphatic heterocycles. The molecule has 1 heterocycles. The molecule has 0 aliphatic rings. The Morgan fingerprint density at radius 1 is 1.21 bits per heavy atom. The number of halogens is 3. The highest BCUT2D eigenvalue weighted by molar-refractivity contribution is 6.30. The average molecular weight is 423 g/mol. The lowest BCUT2D eigenvalue weighted by atomic mass is 10.1. The van der Waals surface area contributed by atoms with Crippen molar-refractivity contribution in [3.63, 3.8) is 0 Å². The normalized spacial score (nSPS) is 10.8. The fraction of sp³-hybridized carbons (Fsp3) is 0.200. The molecule has 1 amide bonds. The van der Waals surface area contributed by atoms with Gasteiger partial charge in [0, 0.05) is 23.2 Å². The van der Waals surface area contributed by atoms with Gasteiger partial charge in [-0.05, 0) is 36.2 Å². The number of ether oxygens (including phenoxy) is 2. The summed E-state index contributed by atoms with van der Waals surface area (Å²) in [5.74, 6) is 0.143. The molecule has 2 aromatic carbocycles. The SMILES string of the molecule is COc1ccc(CCNC(=O)c2cc(-c3cccc(Cl)c3)on2)cc1OC(F)F. The van der Waals surface area contributed by atoms with Crippen molar-refractivity contribution in [2.75, 3.05) is 13.7 Å². The lowest BCUT2D eigenvalue weighted by Crippen LogP contribution is -2.25. The summed E-state index contributed by atoms with van der Waals surface area (Å²) in [5.41, 5.74) is 1.52. The van der Waals surface area contributed by atoms with E-state index in [0.717, 1.165) is 0 Å². The van der Waals surface area contributed by atoms with Crippen LogP contribution in [0.5, 0.6) is 11.5 Å². The number of hydrogen-bond acceptors (Lipinski definition) is 5. The fourth-order valence-electron chi connectivity index (χ4n) is 2.64. The van der Waals surface area contributed by atoms with E-state index < -0.39 is 12.5 Å². The fourth-order valence-corrected chi connectivity index (χ4v) is 2.83. The molecule has 29 heavy (non-hydrogen) atoms. The first-order chi connectivity index (χ1) is 14.0. The van der Waals surface area contributed by atoms with Crippen molar-refractivity contribution in [3.8, 4) is 22.8 Å². The highest BCUT2D eigenvalue weighted by Gasteiger charge is 2.14. The van der Waals surface area contributed by atoms with Crippen LogP contribution >= 0.6 is 11.6 Å². The van der Waals surface area contributed by atoms with Crippen molar-refractivity contribution in [1.82, 2.24) is 10.5 Å². The topological polar surface area (TPSA) is 73.6 Å². The van der Waals surface area contributed by atoms with E-state index in [1.807, 2.05) is 0 Å². The standard InChI is InChI=1S/C20H17ClF2N2O4/c1-27-16-6-5-12(9-18(16)28-20(22)23)7-8-24-19(26)15-11-17(29-25-15)13-3-2-4-14(21)10-13/h2-6,9-11,20H,7-8H2,1H3,(H,24,26). The summed E-state index contributed by atoms with van der Waals surface area (Å²) < 4.78 is 39.6. The number of alkyl halides is 2. The van der Waals surface area contributed by atoms with Crippen LogP contribution in [-0.4, -0.2) is 31.3 Å². The highest BCUT2D eigenvalue weighted by atomic mass is 35.5. The molecule has 9 heteroatoms. The molecule has 152 valence electrons. The van der Waals surface area contributed by atoms with Crippen LogP contribution in [0.1, 0.15) is 16.1 Å². The van der Waals surface area contributed by atoms with Gasteiger partial charge < -0.3 is 19.3 Å². The number of rotatable bonds is 8. The van der Waals surface area contributed by atoms with Gasteiger partial charge in [-0.3, -0.25) is 4.79 Å². The molecule has 6 nitrogen and oxygen atoms in total. The van der Waals surface area contributed by atoms with Crippen molar-refractivity contribution < 1.29 is 27.6 Å². The molecule has 3 aromatic rings. The van der Waals surface area contributed by atoms with Crippen LogP contribution in [-0.2, 0) is 6.42 Å². The summed E-state index contributed by atoms with van der Waals surface area (Å²) in [7, 11) is 1.36. The van der Waals surface area contributed by atoms with Gasteiger partial charge in [0.1, 0.15) is 0 Å². The van der Waals surface area contributed by atoms with Crippen LogP contribution < -0.4 is 14.8 Å². The van der Waals surface area contributed by atoms with Crippen molar-refractivity contribution in [1.29, 1.82) is 0 Å². The van der Waals surface area contributed by atoms with Gasteiger partial charge in [0.05, 0.1) is 7.11 Å². The second kappa shape index (κ2) is 9.38. The molecule has 0 bridgehead atoms. The third-order valence-electron chi connectivity index (χ3n) is 4.00. The zero-order valence-electron chi connectivity index (χ0n) is 15.3. The van der Waals surface area contributed by atoms with Crippen LogP contribution in [0.3, 0.4) is 0 Å². The van der Waals surface area contributed by atoms with Crippen molar-refractivity contribution in [2.45, 2.75) is 13.0 Å². The zero-order valence-corrected chi connectivity index (χ0v) is 16.1. The molecule has 1 aromatic heterocycles. The number of amides is 1. The van der Waals surface area contributed by atoms with E-state index >= 15 is 0 Å². The molecular formula is C20H17ClF2N2O4. The summed E-state index contributed by atoms with van der Waals surface area (Å²) in [6.07, 6.45) is 0.397. The second-order valence-corrected chi connectivity index (χ2v) is 6.39. The maximum atomic E-state index is 12.5. The number of carbonyl (C=O) groups excluding carboxylic acids is 1. The first-order valence-corrected chi connectivity index (χ1v) is 8.96. The van der Waals surface area contributed by atoms with Gasteiger partial charge in [0.2, 0.25) is 0 Å². The molecule has 0 atom stereocenters. The molecule has 0 radical (unpaired) electrons. The van der Waals surface area contributed by atoms with Crippen LogP contribution in [0.15, 0.2) is 53.1 Å². The molecular weight excluding hydrogens is 406 g/mol. The summed E-state index contributed by atoms with van der Waals surface area (Å²) in [6.45, 7) is -2.70. The zero-order chi connectivity index (χ0) is 20.8. The molecule has 3 rings (SSSR count). The predicted molar refractivity (Wildman–Crippen MR) is 103 cm³/mol. The number of carbonyl (C=O) groups is 1. The lowest BCUT2D eigenvalue weighted by molar-refractivity contribution is -0.0512. The lowest BCUT2D eigenvalue weighted by Gasteiger charge is -2.11. The van der Waals surface area contributed by atoms with E-state index in [2.05, 4.69) is 15.2 Å². The van der Waals surface area contributed by atoms with Gasteiger partial charge in [-0.1, -0.05) is 35.0 Å². The first kappa shape index (κ1) is 20.6. The van der Waals surface area contributed by atoms with Gasteiger partial charge in [-0.25, -0.2) is 0 Å². The third-order valence-corrected chi connectivity index (χ3v) is 4.23. The molecule has 0 saturated heterocycles. The van der Waals surface area contributed by atoms with Crippen LogP contribution in [0.2, 0.25) is 5.02 Å². The number of nitrogens with zero attached hydrogens (tertiary/aromatic N) is 1. The first-order valence-electron chi connectivity index (χ1n) is 8.59. The Labute approximate surface area is 170 Å². The largest absolute Gasteiger partial charge is 0.493 e. The quantitative estimate of drug-likeness (QED) is 0.575. The van der Waals surface area contributed by atoms with Crippen LogP contribution in [0.25, 0.3) is 11.3 Å². The van der Waals surface area contributed by atoms with Crippen LogP contribution in [0, 0.1) is 0 Å². The highest BCUT2D eigenvalue weighted by Crippen LogP contribution is 2.29. The molecule has 0 spiro atoms. The van der Waals surface area contributed by atoms with Gasteiger partial charge >= 0.3 is 6.61 Å². The van der Waals surface area contributed by atoms with E-state index in [1.165, 1.54) is 25.3 Å². The number of aromatic nitrogens is 1. The predicted octanol–water partition coefficient (Wildman–Crippen LogP) is 4.58. The Morgan fingerprint density at radius 2 is 2.03 bits per heavy atom. The van der Waals surface area contributed by atoms with Gasteiger partial charge in [0.15, 0.2) is 23.0 Å². The molecule has 0 saturated carbocycles. The minimum absolute atomic E-state index is 0.0611. The summed E-state index contributed by atoms with van der Waals surface area (Å²) in [6, 6.07) is 13.2. The average Bonchev–Trinajstić information content (AvgIpc) is 3.18. The molecule has 0 aliphatic carbocycles. The van der Waals surface area contributed by atoms with Crippen LogP contribution in [0.4, 0.5) is 8.78 Å². The number of methoxy groups -OCH3 is 1. The number of nitrogens with one attached hydrogen (secondary N) is 1. The summed E-state index contributed by atoms with van der Waals surface area (Å²) in [5, 5.41) is 7.01.